The van der Waals surface area contributed by atoms with Crippen molar-refractivity contribution in [3.63, 3.8) is 0 Å². The van der Waals surface area contributed by atoms with Gasteiger partial charge in [-0.15, -0.1) is 0 Å². The first-order valence-electron chi connectivity index (χ1n) is 8.96. The third-order valence-electron chi connectivity index (χ3n) is 4.48. The molecule has 6 heteroatoms. The Kier molecular flexibility index (Phi) is 7.23. The zero-order chi connectivity index (χ0) is 19.9. The zero-order valence-electron chi connectivity index (χ0n) is 15.2. The van der Waals surface area contributed by atoms with E-state index in [1.54, 1.807) is 22.0 Å². The first kappa shape index (κ1) is 20.6. The molecule has 0 N–H and O–H groups in total. The molecule has 0 atom stereocenters. The molecule has 28 heavy (non-hydrogen) atoms. The normalized spacial score (nSPS) is 14.8. The molecule has 1 aliphatic rings. The van der Waals surface area contributed by atoms with Gasteiger partial charge >= 0.3 is 0 Å². The minimum absolute atomic E-state index is 0.0274. The van der Waals surface area contributed by atoms with E-state index < -0.39 is 0 Å². The summed E-state index contributed by atoms with van der Waals surface area (Å²) in [7, 11) is 0. The van der Waals surface area contributed by atoms with Gasteiger partial charge in [-0.25, -0.2) is 0 Å². The number of hydrogen-bond donors (Lipinski definition) is 0. The first-order chi connectivity index (χ1) is 13.5. The largest absolute Gasteiger partial charge is 0.336 e. The molecule has 0 saturated carbocycles. The Bertz CT molecular complexity index is 806. The lowest BCUT2D eigenvalue weighted by Crippen LogP contribution is -2.49. The average Bonchev–Trinajstić information content (AvgIpc) is 2.72. The second-order valence-corrected chi connectivity index (χ2v) is 8.25. The molecule has 1 fully saturated rings. The Morgan fingerprint density at radius 3 is 1.29 bits per heavy atom. The molecule has 144 valence electrons. The van der Waals surface area contributed by atoms with Crippen LogP contribution in [0, 0.1) is 0 Å². The predicted molar refractivity (Wildman–Crippen MR) is 120 cm³/mol. The van der Waals surface area contributed by atoms with Crippen molar-refractivity contribution >= 4 is 55.8 Å². The lowest BCUT2D eigenvalue weighted by Gasteiger charge is -2.33. The fraction of sp³-hybridized carbons (Fsp3) is 0.182. The summed E-state index contributed by atoms with van der Waals surface area (Å²) in [5, 5.41) is 0. The first-order valence-corrected chi connectivity index (χ1v) is 10.5. The molecule has 1 heterocycles. The summed E-state index contributed by atoms with van der Waals surface area (Å²) in [5.74, 6) is -0.0548. The summed E-state index contributed by atoms with van der Waals surface area (Å²) >= 11 is 6.79. The Morgan fingerprint density at radius 2 is 0.964 bits per heavy atom. The van der Waals surface area contributed by atoms with Crippen molar-refractivity contribution < 1.29 is 9.59 Å². The van der Waals surface area contributed by atoms with Crippen molar-refractivity contribution in [2.75, 3.05) is 26.2 Å². The maximum absolute atomic E-state index is 12.4. The highest BCUT2D eigenvalue weighted by molar-refractivity contribution is 9.10. The monoisotopic (exact) mass is 502 g/mol. The van der Waals surface area contributed by atoms with E-state index in [1.165, 1.54) is 0 Å². The van der Waals surface area contributed by atoms with Gasteiger partial charge in [0.15, 0.2) is 0 Å². The minimum atomic E-state index is -0.0274. The Labute approximate surface area is 181 Å². The molecule has 0 aliphatic carbocycles. The predicted octanol–water partition coefficient (Wildman–Crippen LogP) is 4.61. The molecule has 0 spiro atoms. The van der Waals surface area contributed by atoms with E-state index in [0.717, 1.165) is 20.1 Å². The standard InChI is InChI=1S/C22H20Br2N2O2/c23-19-7-1-17(2-8-19)5-11-21(27)25-13-15-26(16-14-25)22(28)12-6-18-3-9-20(24)10-4-18/h1-12H,13-16H2. The highest BCUT2D eigenvalue weighted by Gasteiger charge is 2.21. The van der Waals surface area contributed by atoms with Gasteiger partial charge in [-0.05, 0) is 47.5 Å². The summed E-state index contributed by atoms with van der Waals surface area (Å²) in [4.78, 5) is 28.3. The smallest absolute Gasteiger partial charge is 0.246 e. The SMILES string of the molecule is O=C(C=Cc1ccc(Br)cc1)N1CCN(C(=O)C=Cc2ccc(Br)cc2)CC1. The van der Waals surface area contributed by atoms with Crippen molar-refractivity contribution in [1.82, 2.24) is 9.80 Å². The number of rotatable bonds is 4. The number of nitrogens with zero attached hydrogens (tertiary/aromatic N) is 2. The summed E-state index contributed by atoms with van der Waals surface area (Å²) in [6.07, 6.45) is 6.81. The molecule has 2 aromatic rings. The molecule has 0 unspecified atom stereocenters. The second kappa shape index (κ2) is 9.85. The average molecular weight is 504 g/mol. The van der Waals surface area contributed by atoms with Gasteiger partial charge in [0, 0.05) is 47.3 Å². The zero-order valence-corrected chi connectivity index (χ0v) is 18.4. The molecule has 2 aromatic carbocycles. The van der Waals surface area contributed by atoms with Crippen LogP contribution in [-0.2, 0) is 9.59 Å². The molecule has 4 nitrogen and oxygen atoms in total. The van der Waals surface area contributed by atoms with Crippen LogP contribution in [-0.4, -0.2) is 47.8 Å². The van der Waals surface area contributed by atoms with E-state index in [9.17, 15) is 9.59 Å². The summed E-state index contributed by atoms with van der Waals surface area (Å²) < 4.78 is 2.01. The van der Waals surface area contributed by atoms with Gasteiger partial charge < -0.3 is 9.80 Å². The van der Waals surface area contributed by atoms with Gasteiger partial charge in [-0.2, -0.15) is 0 Å². The molecule has 1 aliphatic heterocycles. The van der Waals surface area contributed by atoms with E-state index >= 15 is 0 Å². The number of carbonyl (C=O) groups excluding carboxylic acids is 2. The number of piperazine rings is 1. The van der Waals surface area contributed by atoms with Gasteiger partial charge in [-0.3, -0.25) is 9.59 Å². The quantitative estimate of drug-likeness (QED) is 0.571. The fourth-order valence-corrected chi connectivity index (χ4v) is 3.37. The van der Waals surface area contributed by atoms with E-state index in [0.29, 0.717) is 26.2 Å². The van der Waals surface area contributed by atoms with Crippen LogP contribution in [0.5, 0.6) is 0 Å². The fourth-order valence-electron chi connectivity index (χ4n) is 2.84. The molecular weight excluding hydrogens is 484 g/mol. The van der Waals surface area contributed by atoms with Crippen LogP contribution in [0.25, 0.3) is 12.2 Å². The van der Waals surface area contributed by atoms with Crippen LogP contribution in [0.4, 0.5) is 0 Å². The topological polar surface area (TPSA) is 40.6 Å². The molecule has 3 rings (SSSR count). The van der Waals surface area contributed by atoms with E-state index in [1.807, 2.05) is 60.7 Å². The van der Waals surface area contributed by atoms with Crippen LogP contribution < -0.4 is 0 Å². The second-order valence-electron chi connectivity index (χ2n) is 6.42. The maximum atomic E-state index is 12.4. The highest BCUT2D eigenvalue weighted by atomic mass is 79.9. The third kappa shape index (κ3) is 5.91. The van der Waals surface area contributed by atoms with Crippen molar-refractivity contribution in [2.24, 2.45) is 0 Å². The van der Waals surface area contributed by atoms with Crippen molar-refractivity contribution in [1.29, 1.82) is 0 Å². The Morgan fingerprint density at radius 1 is 0.643 bits per heavy atom. The van der Waals surface area contributed by atoms with Crippen molar-refractivity contribution in [3.8, 4) is 0 Å². The minimum Gasteiger partial charge on any atom is -0.336 e. The molecule has 0 radical (unpaired) electrons. The molecule has 0 aromatic heterocycles. The van der Waals surface area contributed by atoms with Crippen LogP contribution in [0.2, 0.25) is 0 Å². The molecule has 1 saturated heterocycles. The number of amides is 2. The van der Waals surface area contributed by atoms with Crippen LogP contribution in [0.3, 0.4) is 0 Å². The van der Waals surface area contributed by atoms with Gasteiger partial charge in [0.25, 0.3) is 0 Å². The van der Waals surface area contributed by atoms with E-state index in [-0.39, 0.29) is 11.8 Å². The van der Waals surface area contributed by atoms with Crippen molar-refractivity contribution in [2.45, 2.75) is 0 Å². The summed E-state index contributed by atoms with van der Waals surface area (Å²) in [5.41, 5.74) is 1.95. The van der Waals surface area contributed by atoms with E-state index in [4.69, 9.17) is 0 Å². The van der Waals surface area contributed by atoms with Gasteiger partial charge in [0.2, 0.25) is 11.8 Å². The highest BCUT2D eigenvalue weighted by Crippen LogP contribution is 2.13. The van der Waals surface area contributed by atoms with Crippen LogP contribution in [0.1, 0.15) is 11.1 Å². The van der Waals surface area contributed by atoms with Gasteiger partial charge in [0.05, 0.1) is 0 Å². The Balaban J connectivity index is 1.49. The molecular formula is C22H20Br2N2O2. The van der Waals surface area contributed by atoms with Gasteiger partial charge in [-0.1, -0.05) is 56.1 Å². The maximum Gasteiger partial charge on any atom is 0.246 e. The molecule has 0 bridgehead atoms. The van der Waals surface area contributed by atoms with Crippen molar-refractivity contribution in [3.05, 3.63) is 80.8 Å². The van der Waals surface area contributed by atoms with Crippen LogP contribution >= 0.6 is 31.9 Å². The van der Waals surface area contributed by atoms with Gasteiger partial charge in [0.1, 0.15) is 0 Å². The third-order valence-corrected chi connectivity index (χ3v) is 5.54. The number of benzene rings is 2. The number of hydrogen-bond acceptors (Lipinski definition) is 2. The van der Waals surface area contributed by atoms with E-state index in [2.05, 4.69) is 31.9 Å². The lowest BCUT2D eigenvalue weighted by atomic mass is 10.2. The molecule has 2 amide bonds. The number of carbonyl (C=O) groups is 2. The van der Waals surface area contributed by atoms with Crippen LogP contribution in [0.15, 0.2) is 69.6 Å². The number of halogens is 2. The lowest BCUT2D eigenvalue weighted by molar-refractivity contribution is -0.133. The summed E-state index contributed by atoms with van der Waals surface area (Å²) in [6.45, 7) is 2.17. The summed E-state index contributed by atoms with van der Waals surface area (Å²) in [6, 6.07) is 15.5. The Hall–Kier alpha value is -2.18.